The highest BCUT2D eigenvalue weighted by atomic mass is 35.5. The Bertz CT molecular complexity index is 562. The van der Waals surface area contributed by atoms with Crippen molar-refractivity contribution in [3.63, 3.8) is 0 Å². The molecule has 134 valence electrons. The molecule has 0 radical (unpaired) electrons. The topological polar surface area (TPSA) is 27.3 Å². The molecule has 0 aromatic heterocycles. The second-order valence-corrected chi connectivity index (χ2v) is 8.59. The van der Waals surface area contributed by atoms with Crippen LogP contribution in [-0.4, -0.2) is 50.2 Å². The van der Waals surface area contributed by atoms with E-state index in [1.165, 1.54) is 31.2 Å². The Morgan fingerprint density at radius 1 is 1.17 bits per heavy atom. The van der Waals surface area contributed by atoms with Gasteiger partial charge < -0.3 is 15.5 Å². The van der Waals surface area contributed by atoms with Gasteiger partial charge in [-0.25, -0.2) is 0 Å². The van der Waals surface area contributed by atoms with Gasteiger partial charge in [-0.1, -0.05) is 29.3 Å². The van der Waals surface area contributed by atoms with Gasteiger partial charge in [-0.3, -0.25) is 0 Å². The molecule has 2 fully saturated rings. The Morgan fingerprint density at radius 3 is 2.50 bits per heavy atom. The highest BCUT2D eigenvalue weighted by Crippen LogP contribution is 2.36. The predicted octanol–water partition coefficient (Wildman–Crippen LogP) is 3.69. The van der Waals surface area contributed by atoms with Crippen LogP contribution < -0.4 is 10.6 Å². The Labute approximate surface area is 156 Å². The van der Waals surface area contributed by atoms with Crippen LogP contribution in [0.5, 0.6) is 0 Å². The van der Waals surface area contributed by atoms with E-state index in [-0.39, 0.29) is 11.0 Å². The zero-order chi connectivity index (χ0) is 17.2. The lowest BCUT2D eigenvalue weighted by Gasteiger charge is -2.46. The largest absolute Gasteiger partial charge is 0.316 e. The van der Waals surface area contributed by atoms with E-state index in [4.69, 9.17) is 23.2 Å². The number of likely N-dealkylation sites (tertiary alicyclic amines) is 1. The van der Waals surface area contributed by atoms with E-state index in [2.05, 4.69) is 41.6 Å². The first kappa shape index (κ1) is 18.5. The van der Waals surface area contributed by atoms with Crippen LogP contribution in [0.1, 0.15) is 38.2 Å². The number of hydrogen-bond acceptors (Lipinski definition) is 3. The maximum atomic E-state index is 6.32. The van der Waals surface area contributed by atoms with Crippen molar-refractivity contribution in [2.24, 2.45) is 0 Å². The molecule has 0 saturated carbocycles. The van der Waals surface area contributed by atoms with E-state index in [1.54, 1.807) is 0 Å². The summed E-state index contributed by atoms with van der Waals surface area (Å²) < 4.78 is 0. The Hall–Kier alpha value is -0.320. The van der Waals surface area contributed by atoms with Crippen LogP contribution in [0.4, 0.5) is 0 Å². The molecule has 3 rings (SSSR count). The quantitative estimate of drug-likeness (QED) is 0.847. The van der Waals surface area contributed by atoms with E-state index < -0.39 is 0 Å². The van der Waals surface area contributed by atoms with Gasteiger partial charge in [-0.05, 0) is 77.0 Å². The molecule has 24 heavy (non-hydrogen) atoms. The van der Waals surface area contributed by atoms with Gasteiger partial charge in [0, 0.05) is 24.0 Å². The summed E-state index contributed by atoms with van der Waals surface area (Å²) in [6, 6.07) is 6.20. The number of rotatable bonds is 4. The number of benzene rings is 1. The Morgan fingerprint density at radius 2 is 1.92 bits per heavy atom. The average molecular weight is 370 g/mol. The molecule has 2 aliphatic heterocycles. The van der Waals surface area contributed by atoms with Gasteiger partial charge in [0.1, 0.15) is 0 Å². The summed E-state index contributed by atoms with van der Waals surface area (Å²) in [4.78, 5) is 2.63. The molecular formula is C19H29Cl2N3. The molecule has 1 atom stereocenters. The number of nitrogens with zero attached hydrogens (tertiary/aromatic N) is 1. The monoisotopic (exact) mass is 369 g/mol. The van der Waals surface area contributed by atoms with Crippen molar-refractivity contribution in [1.82, 2.24) is 15.5 Å². The van der Waals surface area contributed by atoms with Crippen LogP contribution in [0, 0.1) is 0 Å². The van der Waals surface area contributed by atoms with Crippen molar-refractivity contribution < 1.29 is 0 Å². The van der Waals surface area contributed by atoms with E-state index in [0.717, 1.165) is 32.7 Å². The molecule has 2 heterocycles. The molecule has 0 unspecified atom stereocenters. The SMILES string of the molecule is CNC1(C)CCN(C[C@]2(c3ccc(Cl)c(Cl)c3)CCCNC2)CC1. The minimum atomic E-state index is 0.139. The summed E-state index contributed by atoms with van der Waals surface area (Å²) in [7, 11) is 2.08. The third kappa shape index (κ3) is 3.91. The maximum absolute atomic E-state index is 6.32. The van der Waals surface area contributed by atoms with Crippen molar-refractivity contribution in [2.45, 2.75) is 43.6 Å². The first-order valence-electron chi connectivity index (χ1n) is 9.04. The normalized spacial score (nSPS) is 28.0. The highest BCUT2D eigenvalue weighted by Gasteiger charge is 2.38. The van der Waals surface area contributed by atoms with Crippen molar-refractivity contribution >= 4 is 23.2 Å². The first-order valence-corrected chi connectivity index (χ1v) is 9.80. The molecule has 0 bridgehead atoms. The van der Waals surface area contributed by atoms with Crippen molar-refractivity contribution in [3.8, 4) is 0 Å². The fourth-order valence-electron chi connectivity index (χ4n) is 4.15. The Balaban J connectivity index is 1.78. The van der Waals surface area contributed by atoms with E-state index in [1.807, 2.05) is 6.07 Å². The second-order valence-electron chi connectivity index (χ2n) is 7.78. The predicted molar refractivity (Wildman–Crippen MR) is 103 cm³/mol. The van der Waals surface area contributed by atoms with E-state index >= 15 is 0 Å². The van der Waals surface area contributed by atoms with Gasteiger partial charge in [0.25, 0.3) is 0 Å². The van der Waals surface area contributed by atoms with Crippen molar-refractivity contribution in [1.29, 1.82) is 0 Å². The zero-order valence-corrected chi connectivity index (χ0v) is 16.3. The summed E-state index contributed by atoms with van der Waals surface area (Å²) in [6.07, 6.45) is 4.82. The molecule has 2 aliphatic rings. The molecule has 3 nitrogen and oxygen atoms in total. The van der Waals surface area contributed by atoms with Gasteiger partial charge in [-0.2, -0.15) is 0 Å². The fraction of sp³-hybridized carbons (Fsp3) is 0.684. The zero-order valence-electron chi connectivity index (χ0n) is 14.8. The number of nitrogens with one attached hydrogen (secondary N) is 2. The molecule has 0 spiro atoms. The molecule has 0 amide bonds. The maximum Gasteiger partial charge on any atom is 0.0595 e. The summed E-state index contributed by atoms with van der Waals surface area (Å²) in [5.41, 5.74) is 1.75. The van der Waals surface area contributed by atoms with Crippen LogP contribution in [0.15, 0.2) is 18.2 Å². The van der Waals surface area contributed by atoms with Gasteiger partial charge in [0.2, 0.25) is 0 Å². The van der Waals surface area contributed by atoms with Crippen LogP contribution in [0.25, 0.3) is 0 Å². The Kier molecular flexibility index (Phi) is 5.78. The van der Waals surface area contributed by atoms with Crippen molar-refractivity contribution in [3.05, 3.63) is 33.8 Å². The summed E-state index contributed by atoms with van der Waals surface area (Å²) in [5, 5.41) is 8.41. The third-order valence-corrected chi connectivity index (χ3v) is 6.83. The molecular weight excluding hydrogens is 341 g/mol. The number of piperidine rings is 2. The van der Waals surface area contributed by atoms with Gasteiger partial charge in [0.15, 0.2) is 0 Å². The lowest BCUT2D eigenvalue weighted by Crippen LogP contribution is -2.55. The van der Waals surface area contributed by atoms with Crippen LogP contribution in [-0.2, 0) is 5.41 Å². The smallest absolute Gasteiger partial charge is 0.0595 e. The van der Waals surface area contributed by atoms with Crippen LogP contribution >= 0.6 is 23.2 Å². The summed E-state index contributed by atoms with van der Waals surface area (Å²) in [5.74, 6) is 0. The van der Waals surface area contributed by atoms with Gasteiger partial charge in [-0.15, -0.1) is 0 Å². The molecule has 1 aromatic rings. The van der Waals surface area contributed by atoms with Gasteiger partial charge in [0.05, 0.1) is 10.0 Å². The molecule has 5 heteroatoms. The standard InChI is InChI=1S/C19H29Cl2N3/c1-18(22-2)7-10-24(11-8-18)14-19(6-3-9-23-13-19)15-4-5-16(20)17(21)12-15/h4-5,12,22-23H,3,6-11,13-14H2,1-2H3/t19-/m0/s1. The van der Waals surface area contributed by atoms with E-state index in [0.29, 0.717) is 10.0 Å². The second kappa shape index (κ2) is 7.51. The highest BCUT2D eigenvalue weighted by molar-refractivity contribution is 6.42. The number of halogens is 2. The van der Waals surface area contributed by atoms with Crippen LogP contribution in [0.2, 0.25) is 10.0 Å². The van der Waals surface area contributed by atoms with E-state index in [9.17, 15) is 0 Å². The molecule has 0 aliphatic carbocycles. The molecule has 1 aromatic carbocycles. The van der Waals surface area contributed by atoms with Crippen LogP contribution in [0.3, 0.4) is 0 Å². The first-order chi connectivity index (χ1) is 11.5. The third-order valence-electron chi connectivity index (χ3n) is 6.09. The number of hydrogen-bond donors (Lipinski definition) is 2. The minimum absolute atomic E-state index is 0.139. The molecule has 2 saturated heterocycles. The van der Waals surface area contributed by atoms with Crippen molar-refractivity contribution in [2.75, 3.05) is 39.8 Å². The minimum Gasteiger partial charge on any atom is -0.316 e. The lowest BCUT2D eigenvalue weighted by molar-refractivity contribution is 0.113. The fourth-order valence-corrected chi connectivity index (χ4v) is 4.45. The summed E-state index contributed by atoms with van der Waals surface area (Å²) >= 11 is 12.5. The molecule has 2 N–H and O–H groups in total. The van der Waals surface area contributed by atoms with Gasteiger partial charge >= 0.3 is 0 Å². The average Bonchev–Trinajstić information content (AvgIpc) is 2.60. The lowest BCUT2D eigenvalue weighted by atomic mass is 9.73. The summed E-state index contributed by atoms with van der Waals surface area (Å²) in [6.45, 7) is 7.87.